The van der Waals surface area contributed by atoms with E-state index in [0.717, 1.165) is 17.9 Å². The van der Waals surface area contributed by atoms with Gasteiger partial charge in [-0.2, -0.15) is 0 Å². The van der Waals surface area contributed by atoms with Gasteiger partial charge in [-0.3, -0.25) is 0 Å². The van der Waals surface area contributed by atoms with Crippen LogP contribution in [-0.4, -0.2) is 0 Å². The van der Waals surface area contributed by atoms with Gasteiger partial charge < -0.3 is 10.1 Å². The van der Waals surface area contributed by atoms with Crippen molar-refractivity contribution in [3.05, 3.63) is 101 Å². The number of hydrogen-bond donors (Lipinski definition) is 1. The van der Waals surface area contributed by atoms with E-state index < -0.39 is 0 Å². The third-order valence-corrected chi connectivity index (χ3v) is 4.13. The standard InChI is InChI=1S/C22H22FNO/c1-17(20-7-3-2-4-8-20)24-15-19-6-5-9-22(14-19)25-16-18-10-12-21(23)13-11-18/h2-14,17,24H,15-16H2,1H3/t17-/m0/s1. The van der Waals surface area contributed by atoms with Gasteiger partial charge in [0.25, 0.3) is 0 Å². The maximum absolute atomic E-state index is 12.9. The molecule has 1 atom stereocenters. The summed E-state index contributed by atoms with van der Waals surface area (Å²) in [6.07, 6.45) is 0. The molecule has 0 unspecified atom stereocenters. The summed E-state index contributed by atoms with van der Waals surface area (Å²) in [7, 11) is 0. The van der Waals surface area contributed by atoms with Crippen LogP contribution >= 0.6 is 0 Å². The van der Waals surface area contributed by atoms with Crippen LogP contribution in [0.2, 0.25) is 0 Å². The summed E-state index contributed by atoms with van der Waals surface area (Å²) in [6.45, 7) is 3.35. The molecule has 0 aliphatic carbocycles. The minimum atomic E-state index is -0.232. The molecular weight excluding hydrogens is 313 g/mol. The fourth-order valence-corrected chi connectivity index (χ4v) is 2.62. The summed E-state index contributed by atoms with van der Waals surface area (Å²) < 4.78 is 18.7. The molecule has 0 fully saturated rings. The Balaban J connectivity index is 1.55. The Hall–Kier alpha value is -2.65. The van der Waals surface area contributed by atoms with Crippen molar-refractivity contribution in [2.75, 3.05) is 0 Å². The topological polar surface area (TPSA) is 21.3 Å². The molecule has 25 heavy (non-hydrogen) atoms. The minimum Gasteiger partial charge on any atom is -0.489 e. The van der Waals surface area contributed by atoms with Gasteiger partial charge in [0, 0.05) is 12.6 Å². The number of hydrogen-bond acceptors (Lipinski definition) is 2. The normalized spacial score (nSPS) is 11.9. The van der Waals surface area contributed by atoms with E-state index >= 15 is 0 Å². The molecule has 0 heterocycles. The highest BCUT2D eigenvalue weighted by Crippen LogP contribution is 2.17. The molecule has 3 heteroatoms. The molecule has 0 saturated carbocycles. The van der Waals surface area contributed by atoms with Crippen LogP contribution in [-0.2, 0) is 13.2 Å². The summed E-state index contributed by atoms with van der Waals surface area (Å²) in [5.41, 5.74) is 3.38. The summed E-state index contributed by atoms with van der Waals surface area (Å²) in [5.74, 6) is 0.584. The summed E-state index contributed by atoms with van der Waals surface area (Å²) in [4.78, 5) is 0. The van der Waals surface area contributed by atoms with Crippen LogP contribution < -0.4 is 10.1 Å². The molecule has 0 saturated heterocycles. The molecule has 1 N–H and O–H groups in total. The molecule has 2 nitrogen and oxygen atoms in total. The van der Waals surface area contributed by atoms with Crippen LogP contribution in [0.4, 0.5) is 4.39 Å². The maximum atomic E-state index is 12.9. The van der Waals surface area contributed by atoms with Gasteiger partial charge in [-0.15, -0.1) is 0 Å². The van der Waals surface area contributed by atoms with Crippen molar-refractivity contribution in [2.24, 2.45) is 0 Å². The van der Waals surface area contributed by atoms with Crippen molar-refractivity contribution in [3.8, 4) is 5.75 Å². The second-order valence-corrected chi connectivity index (χ2v) is 6.08. The fraction of sp³-hybridized carbons (Fsp3) is 0.182. The second kappa shape index (κ2) is 8.45. The number of rotatable bonds is 7. The van der Waals surface area contributed by atoms with E-state index in [1.165, 1.54) is 23.3 Å². The van der Waals surface area contributed by atoms with E-state index in [1.807, 2.05) is 24.3 Å². The first-order chi connectivity index (χ1) is 12.2. The Labute approximate surface area is 148 Å². The lowest BCUT2D eigenvalue weighted by atomic mass is 10.1. The van der Waals surface area contributed by atoms with Gasteiger partial charge >= 0.3 is 0 Å². The monoisotopic (exact) mass is 335 g/mol. The number of nitrogens with one attached hydrogen (secondary N) is 1. The molecule has 0 aromatic heterocycles. The van der Waals surface area contributed by atoms with E-state index in [1.54, 1.807) is 12.1 Å². The predicted molar refractivity (Wildman–Crippen MR) is 98.9 cm³/mol. The summed E-state index contributed by atoms with van der Waals surface area (Å²) >= 11 is 0. The van der Waals surface area contributed by atoms with Crippen LogP contribution in [0.3, 0.4) is 0 Å². The van der Waals surface area contributed by atoms with Crippen molar-refractivity contribution >= 4 is 0 Å². The largest absolute Gasteiger partial charge is 0.489 e. The first-order valence-electron chi connectivity index (χ1n) is 8.45. The van der Waals surface area contributed by atoms with Gasteiger partial charge in [-0.25, -0.2) is 4.39 Å². The van der Waals surface area contributed by atoms with Gasteiger partial charge in [0.05, 0.1) is 0 Å². The molecule has 128 valence electrons. The van der Waals surface area contributed by atoms with Crippen molar-refractivity contribution in [1.82, 2.24) is 5.32 Å². The van der Waals surface area contributed by atoms with E-state index in [0.29, 0.717) is 6.61 Å². The van der Waals surface area contributed by atoms with Crippen molar-refractivity contribution in [2.45, 2.75) is 26.1 Å². The average Bonchev–Trinajstić information content (AvgIpc) is 2.67. The first-order valence-corrected chi connectivity index (χ1v) is 8.45. The fourth-order valence-electron chi connectivity index (χ4n) is 2.62. The lowest BCUT2D eigenvalue weighted by molar-refractivity contribution is 0.305. The Bertz CT molecular complexity index is 787. The quantitative estimate of drug-likeness (QED) is 0.636. The van der Waals surface area contributed by atoms with Gasteiger partial charge in [-0.05, 0) is 47.9 Å². The summed E-state index contributed by atoms with van der Waals surface area (Å²) in [5, 5.41) is 3.53. The summed E-state index contributed by atoms with van der Waals surface area (Å²) in [6, 6.07) is 25.1. The highest BCUT2D eigenvalue weighted by atomic mass is 19.1. The van der Waals surface area contributed by atoms with Crippen LogP contribution in [0.15, 0.2) is 78.9 Å². The third-order valence-electron chi connectivity index (χ3n) is 4.13. The van der Waals surface area contributed by atoms with E-state index in [9.17, 15) is 4.39 Å². The van der Waals surface area contributed by atoms with Crippen molar-refractivity contribution in [1.29, 1.82) is 0 Å². The van der Waals surface area contributed by atoms with Gasteiger partial charge in [0.2, 0.25) is 0 Å². The number of ether oxygens (including phenoxy) is 1. The molecule has 3 rings (SSSR count). The lowest BCUT2D eigenvalue weighted by Crippen LogP contribution is -2.17. The lowest BCUT2D eigenvalue weighted by Gasteiger charge is -2.15. The highest BCUT2D eigenvalue weighted by molar-refractivity contribution is 5.29. The zero-order valence-corrected chi connectivity index (χ0v) is 14.3. The second-order valence-electron chi connectivity index (χ2n) is 6.08. The van der Waals surface area contributed by atoms with Crippen LogP contribution in [0, 0.1) is 5.82 Å². The molecule has 0 amide bonds. The van der Waals surface area contributed by atoms with Gasteiger partial charge in [0.1, 0.15) is 18.2 Å². The molecule has 0 aliphatic heterocycles. The molecule has 0 spiro atoms. The molecular formula is C22H22FNO. The van der Waals surface area contributed by atoms with Gasteiger partial charge in [-0.1, -0.05) is 54.6 Å². The Morgan fingerprint density at radius 3 is 2.40 bits per heavy atom. The zero-order valence-electron chi connectivity index (χ0n) is 14.3. The maximum Gasteiger partial charge on any atom is 0.123 e. The van der Waals surface area contributed by atoms with Crippen molar-refractivity contribution in [3.63, 3.8) is 0 Å². The number of halogens is 1. The van der Waals surface area contributed by atoms with Gasteiger partial charge in [0.15, 0.2) is 0 Å². The molecule has 0 radical (unpaired) electrons. The predicted octanol–water partition coefficient (Wildman–Crippen LogP) is 5.26. The zero-order chi connectivity index (χ0) is 17.5. The van der Waals surface area contributed by atoms with Crippen molar-refractivity contribution < 1.29 is 9.13 Å². The average molecular weight is 335 g/mol. The third kappa shape index (κ3) is 5.16. The van der Waals surface area contributed by atoms with Crippen LogP contribution in [0.1, 0.15) is 29.7 Å². The Kier molecular flexibility index (Phi) is 5.81. The smallest absolute Gasteiger partial charge is 0.123 e. The van der Waals surface area contributed by atoms with Crippen LogP contribution in [0.25, 0.3) is 0 Å². The molecule has 3 aromatic carbocycles. The minimum absolute atomic E-state index is 0.232. The van der Waals surface area contributed by atoms with Crippen LogP contribution in [0.5, 0.6) is 5.75 Å². The molecule has 0 aliphatic rings. The Morgan fingerprint density at radius 1 is 0.880 bits per heavy atom. The molecule has 0 bridgehead atoms. The Morgan fingerprint density at radius 2 is 1.64 bits per heavy atom. The highest BCUT2D eigenvalue weighted by Gasteiger charge is 2.05. The van der Waals surface area contributed by atoms with E-state index in [4.69, 9.17) is 4.74 Å². The SMILES string of the molecule is C[C@H](NCc1cccc(OCc2ccc(F)cc2)c1)c1ccccc1. The number of benzene rings is 3. The van der Waals surface area contributed by atoms with E-state index in [2.05, 4.69) is 42.6 Å². The first kappa shape index (κ1) is 17.2. The molecule has 3 aromatic rings. The van der Waals surface area contributed by atoms with E-state index in [-0.39, 0.29) is 11.9 Å².